The number of hydrogen-bond acceptors (Lipinski definition) is 4. The first-order valence-corrected chi connectivity index (χ1v) is 9.51. The van der Waals surface area contributed by atoms with Crippen LogP contribution < -0.4 is 10.1 Å². The molecule has 4 nitrogen and oxygen atoms in total. The highest BCUT2D eigenvalue weighted by Crippen LogP contribution is 2.30. The molecule has 1 amide bonds. The Hall–Kier alpha value is -2.40. The molecule has 0 saturated carbocycles. The third-order valence-electron chi connectivity index (χ3n) is 4.50. The van der Waals surface area contributed by atoms with E-state index < -0.39 is 0 Å². The molecule has 1 aliphatic carbocycles. The minimum absolute atomic E-state index is 0.0996. The highest BCUT2D eigenvalue weighted by molar-refractivity contribution is 7.22. The van der Waals surface area contributed by atoms with Gasteiger partial charge in [-0.3, -0.25) is 10.1 Å². The van der Waals surface area contributed by atoms with E-state index in [-0.39, 0.29) is 5.91 Å². The summed E-state index contributed by atoms with van der Waals surface area (Å²) in [5.41, 5.74) is 4.26. The van der Waals surface area contributed by atoms with Crippen molar-refractivity contribution in [3.05, 3.63) is 53.1 Å². The fraction of sp³-hybridized carbons (Fsp3) is 0.300. The third-order valence-corrected chi connectivity index (χ3v) is 5.44. The molecule has 1 N–H and O–H groups in total. The van der Waals surface area contributed by atoms with E-state index in [0.29, 0.717) is 17.3 Å². The van der Waals surface area contributed by atoms with Crippen LogP contribution in [0.15, 0.2) is 36.4 Å². The average molecular weight is 352 g/mol. The van der Waals surface area contributed by atoms with E-state index in [4.69, 9.17) is 4.74 Å². The van der Waals surface area contributed by atoms with E-state index >= 15 is 0 Å². The number of ether oxygens (including phenoxy) is 1. The number of amides is 1. The summed E-state index contributed by atoms with van der Waals surface area (Å²) in [6.45, 7) is 2.59. The van der Waals surface area contributed by atoms with Crippen molar-refractivity contribution in [3.8, 4) is 5.75 Å². The first kappa shape index (κ1) is 16.1. The highest BCUT2D eigenvalue weighted by Gasteiger charge is 2.14. The Morgan fingerprint density at radius 1 is 1.16 bits per heavy atom. The summed E-state index contributed by atoms with van der Waals surface area (Å²) in [7, 11) is 0. The molecule has 0 fully saturated rings. The van der Waals surface area contributed by atoms with Gasteiger partial charge in [0.05, 0.1) is 16.8 Å². The summed E-state index contributed by atoms with van der Waals surface area (Å²) < 4.78 is 6.52. The van der Waals surface area contributed by atoms with Gasteiger partial charge in [0, 0.05) is 5.56 Å². The van der Waals surface area contributed by atoms with Crippen LogP contribution in [0.4, 0.5) is 5.13 Å². The molecule has 0 bridgehead atoms. The molecule has 0 saturated heterocycles. The number of nitrogens with zero attached hydrogens (tertiary/aromatic N) is 1. The van der Waals surface area contributed by atoms with Gasteiger partial charge in [-0.2, -0.15) is 0 Å². The number of hydrogen-bond donors (Lipinski definition) is 1. The Morgan fingerprint density at radius 3 is 2.84 bits per heavy atom. The summed E-state index contributed by atoms with van der Waals surface area (Å²) in [6.07, 6.45) is 4.64. The molecular formula is C20H20N2O2S. The smallest absolute Gasteiger partial charge is 0.257 e. The van der Waals surface area contributed by atoms with Crippen LogP contribution in [0.1, 0.15) is 41.3 Å². The molecule has 3 aromatic rings. The Kier molecular flexibility index (Phi) is 4.40. The van der Waals surface area contributed by atoms with Gasteiger partial charge in [0.15, 0.2) is 5.13 Å². The number of nitrogens with one attached hydrogen (secondary N) is 1. The van der Waals surface area contributed by atoms with Gasteiger partial charge in [0.25, 0.3) is 5.91 Å². The molecule has 0 spiro atoms. The van der Waals surface area contributed by atoms with Crippen LogP contribution >= 0.6 is 11.3 Å². The monoisotopic (exact) mass is 352 g/mol. The molecule has 0 atom stereocenters. The lowest BCUT2D eigenvalue weighted by Gasteiger charge is -2.16. The van der Waals surface area contributed by atoms with Gasteiger partial charge >= 0.3 is 0 Å². The van der Waals surface area contributed by atoms with Crippen molar-refractivity contribution >= 4 is 32.6 Å². The maximum Gasteiger partial charge on any atom is 0.257 e. The zero-order valence-electron chi connectivity index (χ0n) is 14.2. The van der Waals surface area contributed by atoms with Crippen molar-refractivity contribution < 1.29 is 9.53 Å². The van der Waals surface area contributed by atoms with Crippen LogP contribution in [0, 0.1) is 0 Å². The van der Waals surface area contributed by atoms with Gasteiger partial charge in [0.2, 0.25) is 0 Å². The lowest BCUT2D eigenvalue weighted by atomic mass is 9.90. The normalized spacial score (nSPS) is 13.5. The fourth-order valence-corrected chi connectivity index (χ4v) is 4.15. The van der Waals surface area contributed by atoms with Gasteiger partial charge in [-0.25, -0.2) is 4.98 Å². The quantitative estimate of drug-likeness (QED) is 0.732. The number of fused-ring (bicyclic) bond motifs is 2. The van der Waals surface area contributed by atoms with Crippen LogP contribution in [-0.4, -0.2) is 17.5 Å². The summed E-state index contributed by atoms with van der Waals surface area (Å²) in [4.78, 5) is 17.1. The van der Waals surface area contributed by atoms with Crippen molar-refractivity contribution in [3.63, 3.8) is 0 Å². The first-order chi connectivity index (χ1) is 12.2. The highest BCUT2D eigenvalue weighted by atomic mass is 32.1. The zero-order chi connectivity index (χ0) is 17.2. The molecule has 2 aromatic carbocycles. The van der Waals surface area contributed by atoms with E-state index in [2.05, 4.69) is 16.4 Å². The maximum atomic E-state index is 12.6. The Morgan fingerprint density at radius 2 is 2.00 bits per heavy atom. The number of anilines is 1. The predicted octanol–water partition coefficient (Wildman–Crippen LogP) is 4.83. The second-order valence-corrected chi connectivity index (χ2v) is 7.26. The maximum absolute atomic E-state index is 12.6. The lowest BCUT2D eigenvalue weighted by molar-refractivity contribution is 0.102. The predicted molar refractivity (Wildman–Crippen MR) is 102 cm³/mol. The topological polar surface area (TPSA) is 51.2 Å². The van der Waals surface area contributed by atoms with Crippen LogP contribution in [-0.2, 0) is 12.8 Å². The minimum Gasteiger partial charge on any atom is -0.494 e. The van der Waals surface area contributed by atoms with Gasteiger partial charge in [0.1, 0.15) is 5.75 Å². The van der Waals surface area contributed by atoms with Crippen molar-refractivity contribution in [1.29, 1.82) is 0 Å². The van der Waals surface area contributed by atoms with Gasteiger partial charge in [-0.15, -0.1) is 0 Å². The SMILES string of the molecule is CCOc1ccc2nc(NC(=O)c3ccc4c(c3)CCCC4)sc2c1. The Balaban J connectivity index is 1.55. The summed E-state index contributed by atoms with van der Waals surface area (Å²) in [5.74, 6) is 0.726. The second kappa shape index (κ2) is 6.84. The summed E-state index contributed by atoms with van der Waals surface area (Å²) >= 11 is 1.47. The Bertz CT molecular complexity index is 933. The lowest BCUT2D eigenvalue weighted by Crippen LogP contribution is -2.13. The van der Waals surface area contributed by atoms with Crippen LogP contribution in [0.5, 0.6) is 5.75 Å². The largest absolute Gasteiger partial charge is 0.494 e. The van der Waals surface area contributed by atoms with Crippen LogP contribution in [0.25, 0.3) is 10.2 Å². The molecule has 4 rings (SSSR count). The van der Waals surface area contributed by atoms with Gasteiger partial charge in [-0.05, 0) is 74.1 Å². The minimum atomic E-state index is -0.0996. The molecule has 1 aromatic heterocycles. The number of aromatic nitrogens is 1. The van der Waals surface area contributed by atoms with Crippen molar-refractivity contribution in [2.75, 3.05) is 11.9 Å². The number of carbonyl (C=O) groups is 1. The number of rotatable bonds is 4. The molecule has 128 valence electrons. The molecule has 0 radical (unpaired) electrons. The van der Waals surface area contributed by atoms with Gasteiger partial charge in [-0.1, -0.05) is 17.4 Å². The van der Waals surface area contributed by atoms with Crippen LogP contribution in [0.3, 0.4) is 0 Å². The van der Waals surface area contributed by atoms with Crippen molar-refractivity contribution in [2.45, 2.75) is 32.6 Å². The number of carbonyl (C=O) groups excluding carboxylic acids is 1. The molecule has 5 heteroatoms. The van der Waals surface area contributed by atoms with Crippen molar-refractivity contribution in [1.82, 2.24) is 4.98 Å². The van der Waals surface area contributed by atoms with E-state index in [1.807, 2.05) is 37.3 Å². The zero-order valence-corrected chi connectivity index (χ0v) is 15.0. The average Bonchev–Trinajstić information content (AvgIpc) is 3.03. The molecular weight excluding hydrogens is 332 g/mol. The number of benzene rings is 2. The summed E-state index contributed by atoms with van der Waals surface area (Å²) in [5, 5.41) is 3.55. The Labute approximate surface area is 150 Å². The van der Waals surface area contributed by atoms with Crippen LogP contribution in [0.2, 0.25) is 0 Å². The van der Waals surface area contributed by atoms with E-state index in [9.17, 15) is 4.79 Å². The van der Waals surface area contributed by atoms with Crippen molar-refractivity contribution in [2.24, 2.45) is 0 Å². The van der Waals surface area contributed by atoms with E-state index in [1.165, 1.54) is 35.3 Å². The first-order valence-electron chi connectivity index (χ1n) is 8.69. The molecule has 0 aliphatic heterocycles. The molecule has 0 unspecified atom stereocenters. The third kappa shape index (κ3) is 3.37. The second-order valence-electron chi connectivity index (χ2n) is 6.23. The number of aryl methyl sites for hydroxylation is 2. The molecule has 25 heavy (non-hydrogen) atoms. The summed E-state index contributed by atoms with van der Waals surface area (Å²) in [6, 6.07) is 11.8. The van der Waals surface area contributed by atoms with Gasteiger partial charge < -0.3 is 4.74 Å². The molecule has 1 heterocycles. The molecule has 1 aliphatic rings. The van der Waals surface area contributed by atoms with E-state index in [1.54, 1.807) is 0 Å². The fourth-order valence-electron chi connectivity index (χ4n) is 3.26. The number of thiazole rings is 1. The van der Waals surface area contributed by atoms with E-state index in [0.717, 1.165) is 28.8 Å². The standard InChI is InChI=1S/C20H20N2O2S/c1-2-24-16-9-10-17-18(12-16)25-20(21-17)22-19(23)15-8-7-13-5-3-4-6-14(13)11-15/h7-12H,2-6H2,1H3,(H,21,22,23).